The Hall–Kier alpha value is -2.66. The van der Waals surface area contributed by atoms with Crippen molar-refractivity contribution in [3.05, 3.63) is 70.8 Å². The maximum atomic E-state index is 12.1. The van der Waals surface area contributed by atoms with Crippen LogP contribution < -0.4 is 5.32 Å². The summed E-state index contributed by atoms with van der Waals surface area (Å²) >= 11 is 0. The Kier molecular flexibility index (Phi) is 7.13. The molecule has 5 nitrogen and oxygen atoms in total. The molecule has 0 aliphatic carbocycles. The molecule has 2 N–H and O–H groups in total. The third kappa shape index (κ3) is 7.23. The van der Waals surface area contributed by atoms with Gasteiger partial charge >= 0.3 is 5.97 Å². The molecule has 0 aliphatic heterocycles. The summed E-state index contributed by atoms with van der Waals surface area (Å²) in [5, 5.41) is 12.1. The van der Waals surface area contributed by atoms with Gasteiger partial charge in [-0.05, 0) is 49.9 Å². The number of carbonyl (C=O) groups excluding carboxylic acids is 1. The third-order valence-corrected chi connectivity index (χ3v) is 4.02. The van der Waals surface area contributed by atoms with Crippen LogP contribution in [0.25, 0.3) is 0 Å². The molecule has 0 radical (unpaired) electrons. The first kappa shape index (κ1) is 20.6. The summed E-state index contributed by atoms with van der Waals surface area (Å²) in [6, 6.07) is 14.7. The minimum Gasteiger partial charge on any atom is -0.478 e. The van der Waals surface area contributed by atoms with E-state index in [1.54, 1.807) is 24.3 Å². The van der Waals surface area contributed by atoms with Gasteiger partial charge in [0.25, 0.3) is 0 Å². The lowest BCUT2D eigenvalue weighted by Gasteiger charge is -2.19. The number of amides is 1. The topological polar surface area (TPSA) is 75.6 Å². The number of nitrogens with one attached hydrogen (secondary N) is 1. The van der Waals surface area contributed by atoms with E-state index in [-0.39, 0.29) is 23.5 Å². The number of ether oxygens (including phenoxy) is 1. The number of benzene rings is 2. The maximum Gasteiger partial charge on any atom is 0.335 e. The molecule has 27 heavy (non-hydrogen) atoms. The van der Waals surface area contributed by atoms with E-state index in [4.69, 9.17) is 4.74 Å². The molecule has 0 unspecified atom stereocenters. The lowest BCUT2D eigenvalue weighted by Crippen LogP contribution is -2.23. The van der Waals surface area contributed by atoms with Crippen LogP contribution in [0.15, 0.2) is 48.5 Å². The Morgan fingerprint density at radius 1 is 1.04 bits per heavy atom. The Morgan fingerprint density at radius 2 is 1.74 bits per heavy atom. The molecule has 0 saturated heterocycles. The van der Waals surface area contributed by atoms with Gasteiger partial charge in [-0.3, -0.25) is 4.79 Å². The Bertz CT molecular complexity index is 793. The van der Waals surface area contributed by atoms with Crippen LogP contribution in [0.1, 0.15) is 54.2 Å². The van der Waals surface area contributed by atoms with Crippen LogP contribution in [-0.4, -0.2) is 22.6 Å². The van der Waals surface area contributed by atoms with E-state index in [1.165, 1.54) is 0 Å². The summed E-state index contributed by atoms with van der Waals surface area (Å²) in [5.41, 5.74) is 2.78. The summed E-state index contributed by atoms with van der Waals surface area (Å²) in [7, 11) is 0. The molecule has 0 atom stereocenters. The number of carboxylic acids is 1. The van der Waals surface area contributed by atoms with Crippen LogP contribution in [0.2, 0.25) is 0 Å². The van der Waals surface area contributed by atoms with Crippen molar-refractivity contribution < 1.29 is 19.4 Å². The van der Waals surface area contributed by atoms with E-state index in [2.05, 4.69) is 5.32 Å². The largest absolute Gasteiger partial charge is 0.478 e. The minimum absolute atomic E-state index is 0.105. The average Bonchev–Trinajstić information content (AvgIpc) is 2.63. The van der Waals surface area contributed by atoms with Gasteiger partial charge in [-0.1, -0.05) is 42.5 Å². The first-order chi connectivity index (χ1) is 12.7. The van der Waals surface area contributed by atoms with Gasteiger partial charge < -0.3 is 15.2 Å². The van der Waals surface area contributed by atoms with Crippen LogP contribution in [-0.2, 0) is 29.1 Å². The summed E-state index contributed by atoms with van der Waals surface area (Å²) in [5.74, 6) is -1.08. The predicted octanol–water partition coefficient (Wildman–Crippen LogP) is 3.95. The van der Waals surface area contributed by atoms with E-state index in [0.717, 1.165) is 11.1 Å². The van der Waals surface area contributed by atoms with Crippen molar-refractivity contribution in [3.8, 4) is 0 Å². The number of hydrogen-bond acceptors (Lipinski definition) is 3. The zero-order chi connectivity index (χ0) is 19.9. The Balaban J connectivity index is 1.85. The Labute approximate surface area is 160 Å². The molecule has 0 aromatic heterocycles. The molecule has 5 heteroatoms. The lowest BCUT2D eigenvalue weighted by molar-refractivity contribution is -0.121. The second-order valence-corrected chi connectivity index (χ2v) is 7.46. The first-order valence-corrected chi connectivity index (χ1v) is 9.04. The SMILES string of the molecule is CC(C)(C)OCc1cccc(CNC(=O)CCc2ccccc2C(=O)O)c1. The maximum absolute atomic E-state index is 12.1. The summed E-state index contributed by atoms with van der Waals surface area (Å²) in [4.78, 5) is 23.3. The Morgan fingerprint density at radius 3 is 2.44 bits per heavy atom. The number of rotatable bonds is 8. The zero-order valence-electron chi connectivity index (χ0n) is 16.1. The van der Waals surface area contributed by atoms with Gasteiger partial charge in [0.15, 0.2) is 0 Å². The molecule has 2 aromatic carbocycles. The van der Waals surface area contributed by atoms with Gasteiger partial charge in [-0.25, -0.2) is 4.79 Å². The first-order valence-electron chi connectivity index (χ1n) is 9.04. The van der Waals surface area contributed by atoms with Crippen LogP contribution in [0.3, 0.4) is 0 Å². The number of aryl methyl sites for hydroxylation is 1. The zero-order valence-corrected chi connectivity index (χ0v) is 16.1. The molecule has 2 aromatic rings. The standard InChI is InChI=1S/C22H27NO4/c1-22(2,3)27-15-17-8-6-7-16(13-17)14-23-20(24)12-11-18-9-4-5-10-19(18)21(25)26/h4-10,13H,11-12,14-15H2,1-3H3,(H,23,24)(H,25,26). The second-order valence-electron chi connectivity index (χ2n) is 7.46. The van der Waals surface area contributed by atoms with Gasteiger partial charge in [-0.15, -0.1) is 0 Å². The quantitative estimate of drug-likeness (QED) is 0.739. The molecule has 144 valence electrons. The molecule has 2 rings (SSSR count). The third-order valence-electron chi connectivity index (χ3n) is 4.02. The summed E-state index contributed by atoms with van der Waals surface area (Å²) in [6.07, 6.45) is 0.644. The van der Waals surface area contributed by atoms with E-state index >= 15 is 0 Å². The predicted molar refractivity (Wildman–Crippen MR) is 105 cm³/mol. The van der Waals surface area contributed by atoms with Crippen molar-refractivity contribution in [3.63, 3.8) is 0 Å². The van der Waals surface area contributed by atoms with Crippen molar-refractivity contribution in [1.29, 1.82) is 0 Å². The molecular formula is C22H27NO4. The molecule has 0 heterocycles. The van der Waals surface area contributed by atoms with Crippen molar-refractivity contribution in [2.45, 2.75) is 52.4 Å². The number of hydrogen-bond donors (Lipinski definition) is 2. The normalized spacial score (nSPS) is 11.2. The summed E-state index contributed by atoms with van der Waals surface area (Å²) in [6.45, 7) is 7.00. The van der Waals surface area contributed by atoms with Crippen LogP contribution in [0, 0.1) is 0 Å². The molecule has 0 saturated carbocycles. The molecule has 0 fully saturated rings. The average molecular weight is 369 g/mol. The van der Waals surface area contributed by atoms with Crippen LogP contribution in [0.5, 0.6) is 0 Å². The van der Waals surface area contributed by atoms with Gasteiger partial charge in [0.1, 0.15) is 0 Å². The molecule has 1 amide bonds. The minimum atomic E-state index is -0.972. The smallest absolute Gasteiger partial charge is 0.335 e. The van der Waals surface area contributed by atoms with E-state index in [0.29, 0.717) is 25.1 Å². The van der Waals surface area contributed by atoms with Crippen molar-refractivity contribution in [2.24, 2.45) is 0 Å². The van der Waals surface area contributed by atoms with Gasteiger partial charge in [0.05, 0.1) is 17.8 Å². The number of aromatic carboxylic acids is 1. The van der Waals surface area contributed by atoms with E-state index in [1.807, 2.05) is 45.0 Å². The van der Waals surface area contributed by atoms with E-state index < -0.39 is 5.97 Å². The molecular weight excluding hydrogens is 342 g/mol. The fraction of sp³-hybridized carbons (Fsp3) is 0.364. The van der Waals surface area contributed by atoms with Crippen molar-refractivity contribution in [1.82, 2.24) is 5.32 Å². The van der Waals surface area contributed by atoms with Crippen LogP contribution in [0.4, 0.5) is 0 Å². The van der Waals surface area contributed by atoms with Gasteiger partial charge in [0.2, 0.25) is 5.91 Å². The van der Waals surface area contributed by atoms with Crippen molar-refractivity contribution in [2.75, 3.05) is 0 Å². The second kappa shape index (κ2) is 9.33. The van der Waals surface area contributed by atoms with Crippen molar-refractivity contribution >= 4 is 11.9 Å². The lowest BCUT2D eigenvalue weighted by atomic mass is 10.0. The highest BCUT2D eigenvalue weighted by atomic mass is 16.5. The van der Waals surface area contributed by atoms with Crippen LogP contribution >= 0.6 is 0 Å². The highest BCUT2D eigenvalue weighted by molar-refractivity contribution is 5.89. The molecule has 0 aliphatic rings. The highest BCUT2D eigenvalue weighted by Crippen LogP contribution is 2.14. The molecule has 0 spiro atoms. The van der Waals surface area contributed by atoms with Gasteiger partial charge in [-0.2, -0.15) is 0 Å². The monoisotopic (exact) mass is 369 g/mol. The number of carbonyl (C=O) groups is 2. The fourth-order valence-electron chi connectivity index (χ4n) is 2.61. The summed E-state index contributed by atoms with van der Waals surface area (Å²) < 4.78 is 5.78. The fourth-order valence-corrected chi connectivity index (χ4v) is 2.61. The van der Waals surface area contributed by atoms with Gasteiger partial charge in [0, 0.05) is 13.0 Å². The molecule has 0 bridgehead atoms. The highest BCUT2D eigenvalue weighted by Gasteiger charge is 2.12. The van der Waals surface area contributed by atoms with E-state index in [9.17, 15) is 14.7 Å². The number of carboxylic acid groups (broad SMARTS) is 1.